The average molecular weight is 390 g/mol. The van der Waals surface area contributed by atoms with Gasteiger partial charge < -0.3 is 8.80 Å². The zero-order valence-corrected chi connectivity index (χ0v) is 16.1. The number of fused-ring (bicyclic) bond motifs is 6. The summed E-state index contributed by atoms with van der Waals surface area (Å²) < 4.78 is 3.92. The fraction of sp³-hybridized carbons (Fsp3) is 0. The van der Waals surface area contributed by atoms with Crippen LogP contribution in [0.15, 0.2) is 119 Å². The van der Waals surface area contributed by atoms with Crippen LogP contribution in [0.1, 0.15) is 0 Å². The molecule has 0 spiro atoms. The van der Waals surface area contributed by atoms with Crippen molar-refractivity contribution in [1.29, 1.82) is 0 Å². The van der Waals surface area contributed by atoms with Crippen LogP contribution in [0.3, 0.4) is 0 Å². The Hall–Kier alpha value is -4.18. The standard InChI is InChI=1S/2C13H9NO/c2*15-11-6-8-14-7-5-10-3-1-2-4-12(10)13(14)9-11/h2*1-9H. The fourth-order valence-corrected chi connectivity index (χ4v) is 3.75. The van der Waals surface area contributed by atoms with Crippen LogP contribution in [0.4, 0.5) is 0 Å². The molecule has 6 aromatic rings. The maximum Gasteiger partial charge on any atom is 0.182 e. The number of pyridine rings is 4. The topological polar surface area (TPSA) is 43.0 Å². The van der Waals surface area contributed by atoms with Crippen LogP contribution in [0.2, 0.25) is 0 Å². The van der Waals surface area contributed by atoms with Gasteiger partial charge in [-0.2, -0.15) is 0 Å². The molecule has 0 aliphatic rings. The Morgan fingerprint density at radius 2 is 0.867 bits per heavy atom. The van der Waals surface area contributed by atoms with Gasteiger partial charge in [0.1, 0.15) is 0 Å². The Balaban J connectivity index is 0.000000128. The monoisotopic (exact) mass is 390 g/mol. The summed E-state index contributed by atoms with van der Waals surface area (Å²) >= 11 is 0. The highest BCUT2D eigenvalue weighted by atomic mass is 16.1. The molecule has 0 N–H and O–H groups in total. The van der Waals surface area contributed by atoms with Crippen molar-refractivity contribution >= 4 is 32.6 Å². The van der Waals surface area contributed by atoms with Crippen LogP contribution in [0, 0.1) is 0 Å². The van der Waals surface area contributed by atoms with E-state index in [1.54, 1.807) is 36.7 Å². The molecule has 4 heteroatoms. The molecule has 0 aliphatic heterocycles. The lowest BCUT2D eigenvalue weighted by Crippen LogP contribution is -2.00. The molecule has 0 fully saturated rings. The van der Waals surface area contributed by atoms with E-state index >= 15 is 0 Å². The zero-order valence-electron chi connectivity index (χ0n) is 16.1. The van der Waals surface area contributed by atoms with Gasteiger partial charge in [0.25, 0.3) is 0 Å². The SMILES string of the molecule is O=c1ccn2ccc3ccccc3c2c1.O=c1ccn2ccc3ccccc3c2c1. The molecule has 0 atom stereocenters. The van der Waals surface area contributed by atoms with Crippen molar-refractivity contribution in [2.24, 2.45) is 0 Å². The summed E-state index contributed by atoms with van der Waals surface area (Å²) in [5.41, 5.74) is 2.01. The second kappa shape index (κ2) is 7.33. The fourth-order valence-electron chi connectivity index (χ4n) is 3.75. The Kier molecular flexibility index (Phi) is 4.37. The van der Waals surface area contributed by atoms with Gasteiger partial charge in [0, 0.05) is 59.8 Å². The second-order valence-corrected chi connectivity index (χ2v) is 7.12. The highest BCUT2D eigenvalue weighted by molar-refractivity contribution is 5.96. The van der Waals surface area contributed by atoms with Crippen molar-refractivity contribution in [3.63, 3.8) is 0 Å². The molecule has 144 valence electrons. The van der Waals surface area contributed by atoms with Crippen molar-refractivity contribution < 1.29 is 0 Å². The lowest BCUT2D eigenvalue weighted by Gasteiger charge is -2.04. The number of aromatic nitrogens is 2. The van der Waals surface area contributed by atoms with E-state index in [1.165, 1.54) is 0 Å². The van der Waals surface area contributed by atoms with E-state index in [0.29, 0.717) is 0 Å². The van der Waals surface area contributed by atoms with Crippen LogP contribution in [-0.2, 0) is 0 Å². The Bertz CT molecular complexity index is 1520. The third kappa shape index (κ3) is 3.25. The van der Waals surface area contributed by atoms with Gasteiger partial charge in [-0.15, -0.1) is 0 Å². The third-order valence-corrected chi connectivity index (χ3v) is 5.22. The van der Waals surface area contributed by atoms with E-state index in [-0.39, 0.29) is 10.9 Å². The molecule has 0 saturated heterocycles. The molecule has 0 radical (unpaired) electrons. The molecular formula is C26H18N2O2. The van der Waals surface area contributed by atoms with Crippen LogP contribution in [0.25, 0.3) is 32.6 Å². The van der Waals surface area contributed by atoms with Gasteiger partial charge in [-0.1, -0.05) is 48.5 Å². The average Bonchev–Trinajstić information content (AvgIpc) is 2.79. The van der Waals surface area contributed by atoms with Gasteiger partial charge in [-0.3, -0.25) is 9.59 Å². The Morgan fingerprint density at radius 1 is 0.467 bits per heavy atom. The third-order valence-electron chi connectivity index (χ3n) is 5.22. The first kappa shape index (κ1) is 17.9. The number of benzene rings is 2. The second-order valence-electron chi connectivity index (χ2n) is 7.12. The lowest BCUT2D eigenvalue weighted by atomic mass is 10.1. The first-order valence-corrected chi connectivity index (χ1v) is 9.69. The molecule has 6 rings (SSSR count). The molecule has 0 unspecified atom stereocenters. The summed E-state index contributed by atoms with van der Waals surface area (Å²) in [7, 11) is 0. The molecule has 30 heavy (non-hydrogen) atoms. The maximum absolute atomic E-state index is 11.3. The summed E-state index contributed by atoms with van der Waals surface area (Å²) in [5, 5.41) is 4.53. The molecule has 4 aromatic heterocycles. The molecule has 4 heterocycles. The van der Waals surface area contributed by atoms with E-state index in [1.807, 2.05) is 81.9 Å². The van der Waals surface area contributed by atoms with E-state index in [0.717, 1.165) is 32.6 Å². The molecule has 0 amide bonds. The zero-order chi connectivity index (χ0) is 20.5. The van der Waals surface area contributed by atoms with Crippen molar-refractivity contribution in [2.75, 3.05) is 0 Å². The summed E-state index contributed by atoms with van der Waals surface area (Å²) in [6.07, 6.45) is 7.53. The van der Waals surface area contributed by atoms with Gasteiger partial charge in [-0.05, 0) is 22.9 Å². The highest BCUT2D eigenvalue weighted by Crippen LogP contribution is 2.19. The first-order chi connectivity index (χ1) is 14.7. The molecule has 0 bridgehead atoms. The van der Waals surface area contributed by atoms with Gasteiger partial charge in [0.15, 0.2) is 10.9 Å². The molecular weight excluding hydrogens is 372 g/mol. The van der Waals surface area contributed by atoms with E-state index in [9.17, 15) is 9.59 Å². The van der Waals surface area contributed by atoms with Crippen molar-refractivity contribution in [3.8, 4) is 0 Å². The largest absolute Gasteiger partial charge is 0.323 e. The smallest absolute Gasteiger partial charge is 0.182 e. The van der Waals surface area contributed by atoms with Crippen LogP contribution in [0.5, 0.6) is 0 Å². The van der Waals surface area contributed by atoms with Gasteiger partial charge in [0.05, 0.1) is 11.0 Å². The number of hydrogen-bond acceptors (Lipinski definition) is 2. The van der Waals surface area contributed by atoms with Crippen LogP contribution in [-0.4, -0.2) is 8.80 Å². The summed E-state index contributed by atoms with van der Waals surface area (Å²) in [6.45, 7) is 0. The molecule has 0 aliphatic carbocycles. The quantitative estimate of drug-likeness (QED) is 0.346. The molecule has 4 nitrogen and oxygen atoms in total. The van der Waals surface area contributed by atoms with Crippen molar-refractivity contribution in [1.82, 2.24) is 8.80 Å². The number of nitrogens with zero attached hydrogens (tertiary/aromatic N) is 2. The Morgan fingerprint density at radius 3 is 1.33 bits per heavy atom. The summed E-state index contributed by atoms with van der Waals surface area (Å²) in [6, 6.07) is 26.7. The predicted molar refractivity (Wildman–Crippen MR) is 122 cm³/mol. The van der Waals surface area contributed by atoms with Gasteiger partial charge in [-0.25, -0.2) is 0 Å². The summed E-state index contributed by atoms with van der Waals surface area (Å²) in [4.78, 5) is 22.6. The minimum atomic E-state index is 0.0475. The van der Waals surface area contributed by atoms with Crippen LogP contribution < -0.4 is 10.9 Å². The highest BCUT2D eigenvalue weighted by Gasteiger charge is 1.99. The number of rotatable bonds is 0. The Labute approximate surface area is 171 Å². The van der Waals surface area contributed by atoms with E-state index in [4.69, 9.17) is 0 Å². The van der Waals surface area contributed by atoms with E-state index < -0.39 is 0 Å². The van der Waals surface area contributed by atoms with Gasteiger partial charge >= 0.3 is 0 Å². The van der Waals surface area contributed by atoms with Crippen LogP contribution >= 0.6 is 0 Å². The maximum atomic E-state index is 11.3. The minimum absolute atomic E-state index is 0.0475. The van der Waals surface area contributed by atoms with Gasteiger partial charge in [0.2, 0.25) is 0 Å². The minimum Gasteiger partial charge on any atom is -0.323 e. The summed E-state index contributed by atoms with van der Waals surface area (Å²) in [5.74, 6) is 0. The van der Waals surface area contributed by atoms with Crippen molar-refractivity contribution in [3.05, 3.63) is 130 Å². The molecule has 0 saturated carbocycles. The number of hydrogen-bond donors (Lipinski definition) is 0. The molecule has 2 aromatic carbocycles. The van der Waals surface area contributed by atoms with E-state index in [2.05, 4.69) is 0 Å². The lowest BCUT2D eigenvalue weighted by molar-refractivity contribution is 1.17. The first-order valence-electron chi connectivity index (χ1n) is 9.69. The van der Waals surface area contributed by atoms with Crippen molar-refractivity contribution in [2.45, 2.75) is 0 Å². The predicted octanol–water partition coefficient (Wildman–Crippen LogP) is 4.91. The normalized spacial score (nSPS) is 10.9.